The van der Waals surface area contributed by atoms with Gasteiger partial charge in [-0.15, -0.1) is 11.3 Å². The molecule has 0 unspecified atom stereocenters. The van der Waals surface area contributed by atoms with Crippen molar-refractivity contribution in [1.82, 2.24) is 4.98 Å². The van der Waals surface area contributed by atoms with Gasteiger partial charge in [-0.05, 0) is 19.1 Å². The topological polar surface area (TPSA) is 77.5 Å². The van der Waals surface area contributed by atoms with Crippen molar-refractivity contribution in [1.29, 1.82) is 0 Å². The van der Waals surface area contributed by atoms with Gasteiger partial charge in [-0.1, -0.05) is 42.5 Å². The molecule has 1 aromatic heterocycles. The second-order valence-corrected chi connectivity index (χ2v) is 6.62. The van der Waals surface area contributed by atoms with Gasteiger partial charge >= 0.3 is 5.97 Å². The van der Waals surface area contributed by atoms with Crippen molar-refractivity contribution < 1.29 is 19.1 Å². The van der Waals surface area contributed by atoms with E-state index in [4.69, 9.17) is 9.47 Å². The Morgan fingerprint density at radius 1 is 1.07 bits per heavy atom. The summed E-state index contributed by atoms with van der Waals surface area (Å²) in [6.45, 7) is 1.35. The number of nitrogens with zero attached hydrogens (tertiary/aromatic N) is 1. The van der Waals surface area contributed by atoms with Gasteiger partial charge in [0.05, 0.1) is 18.5 Å². The summed E-state index contributed by atoms with van der Waals surface area (Å²) in [6.07, 6.45) is 0. The number of ether oxygens (including phenoxy) is 2. The molecule has 0 aliphatic rings. The average molecular weight is 382 g/mol. The summed E-state index contributed by atoms with van der Waals surface area (Å²) in [5.41, 5.74) is 2.02. The van der Waals surface area contributed by atoms with E-state index in [1.807, 2.05) is 30.3 Å². The van der Waals surface area contributed by atoms with E-state index in [2.05, 4.69) is 10.3 Å². The van der Waals surface area contributed by atoms with Gasteiger partial charge in [0.2, 0.25) is 0 Å². The summed E-state index contributed by atoms with van der Waals surface area (Å²) in [4.78, 5) is 29.2. The van der Waals surface area contributed by atoms with Crippen LogP contribution in [0.5, 0.6) is 5.75 Å². The highest BCUT2D eigenvalue weighted by molar-refractivity contribution is 7.17. The molecular weight excluding hydrogens is 364 g/mol. The predicted octanol–water partition coefficient (Wildman–Crippen LogP) is 3.92. The average Bonchev–Trinajstić information content (AvgIpc) is 3.09. The fourth-order valence-electron chi connectivity index (χ4n) is 2.42. The van der Waals surface area contributed by atoms with Crippen LogP contribution in [0.3, 0.4) is 0 Å². The predicted molar refractivity (Wildman–Crippen MR) is 104 cm³/mol. The fourth-order valence-corrected chi connectivity index (χ4v) is 3.39. The molecule has 7 heteroatoms. The number of methoxy groups -OCH3 is 1. The van der Waals surface area contributed by atoms with Crippen molar-refractivity contribution >= 4 is 28.9 Å². The van der Waals surface area contributed by atoms with E-state index in [9.17, 15) is 9.59 Å². The van der Waals surface area contributed by atoms with Crippen molar-refractivity contribution in [3.05, 3.63) is 65.2 Å². The summed E-state index contributed by atoms with van der Waals surface area (Å²) in [6, 6.07) is 16.6. The molecule has 3 rings (SSSR count). The molecule has 0 aliphatic heterocycles. The number of hydrogen-bond acceptors (Lipinski definition) is 6. The van der Waals surface area contributed by atoms with Gasteiger partial charge in [0, 0.05) is 5.56 Å². The lowest BCUT2D eigenvalue weighted by Crippen LogP contribution is -2.21. The Hall–Kier alpha value is -3.19. The number of aromatic nitrogens is 1. The number of para-hydroxylation sites is 2. The van der Waals surface area contributed by atoms with Crippen LogP contribution in [-0.4, -0.2) is 30.6 Å². The van der Waals surface area contributed by atoms with Crippen LogP contribution in [0, 0.1) is 6.92 Å². The molecule has 27 heavy (non-hydrogen) atoms. The maximum Gasteiger partial charge on any atom is 0.350 e. The number of amides is 1. The molecule has 3 aromatic rings. The zero-order chi connectivity index (χ0) is 19.2. The van der Waals surface area contributed by atoms with E-state index in [1.165, 1.54) is 18.4 Å². The van der Waals surface area contributed by atoms with Gasteiger partial charge in [0.15, 0.2) is 6.61 Å². The normalized spacial score (nSPS) is 10.3. The molecule has 6 nitrogen and oxygen atoms in total. The van der Waals surface area contributed by atoms with Crippen molar-refractivity contribution in [2.45, 2.75) is 6.92 Å². The SMILES string of the molecule is COc1ccccc1NC(=O)COC(=O)c1sc(-c2ccccc2)nc1C. The van der Waals surface area contributed by atoms with Crippen LogP contribution in [0.1, 0.15) is 15.4 Å². The lowest BCUT2D eigenvalue weighted by atomic mass is 10.2. The number of nitrogens with one attached hydrogen (secondary N) is 1. The highest BCUT2D eigenvalue weighted by atomic mass is 32.1. The standard InChI is InChI=1S/C20H18N2O4S/c1-13-18(27-19(21-13)14-8-4-3-5-9-14)20(24)26-12-17(23)22-15-10-6-7-11-16(15)25-2/h3-11H,12H2,1-2H3,(H,22,23). The lowest BCUT2D eigenvalue weighted by Gasteiger charge is -2.09. The van der Waals surface area contributed by atoms with Crippen molar-refractivity contribution in [2.24, 2.45) is 0 Å². The van der Waals surface area contributed by atoms with E-state index in [1.54, 1.807) is 31.2 Å². The second-order valence-electron chi connectivity index (χ2n) is 5.62. The molecule has 0 saturated carbocycles. The number of carbonyl (C=O) groups excluding carboxylic acids is 2. The third kappa shape index (κ3) is 4.51. The monoisotopic (exact) mass is 382 g/mol. The van der Waals surface area contributed by atoms with Crippen LogP contribution in [0.2, 0.25) is 0 Å². The first kappa shape index (κ1) is 18.6. The number of thiazole rings is 1. The molecule has 0 saturated heterocycles. The molecule has 2 aromatic carbocycles. The molecule has 0 atom stereocenters. The van der Waals surface area contributed by atoms with Crippen molar-refractivity contribution in [3.8, 4) is 16.3 Å². The maximum absolute atomic E-state index is 12.3. The van der Waals surface area contributed by atoms with E-state index in [-0.39, 0.29) is 0 Å². The van der Waals surface area contributed by atoms with E-state index in [0.29, 0.717) is 22.0 Å². The van der Waals surface area contributed by atoms with Crippen molar-refractivity contribution in [2.75, 3.05) is 19.0 Å². The van der Waals surface area contributed by atoms with Crippen molar-refractivity contribution in [3.63, 3.8) is 0 Å². The minimum Gasteiger partial charge on any atom is -0.495 e. The lowest BCUT2D eigenvalue weighted by molar-refractivity contribution is -0.119. The Balaban J connectivity index is 1.62. The summed E-state index contributed by atoms with van der Waals surface area (Å²) >= 11 is 1.25. The Bertz CT molecular complexity index is 954. The quantitative estimate of drug-likeness (QED) is 0.654. The highest BCUT2D eigenvalue weighted by Crippen LogP contribution is 2.28. The molecule has 1 amide bonds. The van der Waals surface area contributed by atoms with Crippen LogP contribution in [0.4, 0.5) is 5.69 Å². The van der Waals surface area contributed by atoms with Gasteiger partial charge in [0.25, 0.3) is 5.91 Å². The van der Waals surface area contributed by atoms with E-state index < -0.39 is 18.5 Å². The molecule has 0 bridgehead atoms. The summed E-state index contributed by atoms with van der Waals surface area (Å²) in [7, 11) is 1.52. The summed E-state index contributed by atoms with van der Waals surface area (Å²) in [5, 5.41) is 3.40. The number of rotatable bonds is 6. The van der Waals surface area contributed by atoms with Gasteiger partial charge in [0.1, 0.15) is 15.6 Å². The number of carbonyl (C=O) groups is 2. The first-order valence-corrected chi connectivity index (χ1v) is 9.03. The summed E-state index contributed by atoms with van der Waals surface area (Å²) < 4.78 is 10.3. The fraction of sp³-hybridized carbons (Fsp3) is 0.150. The van der Waals surface area contributed by atoms with E-state index in [0.717, 1.165) is 10.6 Å². The molecule has 138 valence electrons. The van der Waals surface area contributed by atoms with Crippen LogP contribution in [0.25, 0.3) is 10.6 Å². The van der Waals surface area contributed by atoms with Crippen LogP contribution >= 0.6 is 11.3 Å². The Kier molecular flexibility index (Phi) is 5.83. The zero-order valence-electron chi connectivity index (χ0n) is 14.9. The second kappa shape index (κ2) is 8.46. The number of anilines is 1. The van der Waals surface area contributed by atoms with Gasteiger partial charge in [-0.25, -0.2) is 9.78 Å². The van der Waals surface area contributed by atoms with Gasteiger partial charge in [-0.2, -0.15) is 0 Å². The first-order valence-electron chi connectivity index (χ1n) is 8.21. The number of aryl methyl sites for hydroxylation is 1. The minimum absolute atomic E-state index is 0.388. The van der Waals surface area contributed by atoms with Crippen LogP contribution in [0.15, 0.2) is 54.6 Å². The smallest absolute Gasteiger partial charge is 0.350 e. The molecule has 0 radical (unpaired) electrons. The van der Waals surface area contributed by atoms with Gasteiger partial charge in [-0.3, -0.25) is 4.79 Å². The molecule has 0 spiro atoms. The van der Waals surface area contributed by atoms with E-state index >= 15 is 0 Å². The Morgan fingerprint density at radius 2 is 1.78 bits per heavy atom. The molecular formula is C20H18N2O4S. The molecule has 0 aliphatic carbocycles. The summed E-state index contributed by atoms with van der Waals surface area (Å²) in [5.74, 6) is -0.483. The zero-order valence-corrected chi connectivity index (χ0v) is 15.7. The molecule has 0 fully saturated rings. The third-order valence-corrected chi connectivity index (χ3v) is 4.90. The Morgan fingerprint density at radius 3 is 2.52 bits per heavy atom. The van der Waals surface area contributed by atoms with Crippen LogP contribution in [-0.2, 0) is 9.53 Å². The van der Waals surface area contributed by atoms with Gasteiger partial charge < -0.3 is 14.8 Å². The van der Waals surface area contributed by atoms with Crippen LogP contribution < -0.4 is 10.1 Å². The minimum atomic E-state index is -0.567. The Labute approximate surface area is 160 Å². The highest BCUT2D eigenvalue weighted by Gasteiger charge is 2.19. The third-order valence-electron chi connectivity index (χ3n) is 3.72. The molecule has 1 heterocycles. The number of hydrogen-bond donors (Lipinski definition) is 1. The number of esters is 1. The molecule has 1 N–H and O–H groups in total. The first-order chi connectivity index (χ1) is 13.1. The number of benzene rings is 2. The maximum atomic E-state index is 12.3. The largest absolute Gasteiger partial charge is 0.495 e.